The quantitative estimate of drug-likeness (QED) is 0.808. The standard InChI is InChI=1S/C15H19NO2/c1-2-14(13-9-6-10-13)16-15(17)18-11-12-7-4-3-5-8-12/h2-5,7-8,13-14H,1,6,9-11H2,(H,16,17). The number of carbonyl (C=O) groups is 1. The predicted octanol–water partition coefficient (Wildman–Crippen LogP) is 3.27. The molecule has 2 rings (SSSR count). The minimum Gasteiger partial charge on any atom is -0.445 e. The van der Waals surface area contributed by atoms with Crippen molar-refractivity contribution in [1.29, 1.82) is 0 Å². The molecule has 1 aliphatic carbocycles. The lowest BCUT2D eigenvalue weighted by Gasteiger charge is -2.31. The SMILES string of the molecule is C=CC(NC(=O)OCc1ccccc1)C1CCC1. The third kappa shape index (κ3) is 3.36. The van der Waals surface area contributed by atoms with Crippen molar-refractivity contribution in [3.63, 3.8) is 0 Å². The average molecular weight is 245 g/mol. The van der Waals surface area contributed by atoms with Crippen molar-refractivity contribution < 1.29 is 9.53 Å². The van der Waals surface area contributed by atoms with Gasteiger partial charge in [-0.3, -0.25) is 0 Å². The highest BCUT2D eigenvalue weighted by molar-refractivity contribution is 5.68. The molecule has 1 amide bonds. The van der Waals surface area contributed by atoms with Crippen LogP contribution in [0.2, 0.25) is 0 Å². The first-order valence-corrected chi connectivity index (χ1v) is 6.39. The molecule has 3 nitrogen and oxygen atoms in total. The van der Waals surface area contributed by atoms with Gasteiger partial charge in [-0.05, 0) is 24.3 Å². The zero-order valence-electron chi connectivity index (χ0n) is 10.5. The van der Waals surface area contributed by atoms with Crippen LogP contribution in [0, 0.1) is 5.92 Å². The van der Waals surface area contributed by atoms with E-state index in [1.165, 1.54) is 6.42 Å². The van der Waals surface area contributed by atoms with Crippen LogP contribution < -0.4 is 5.32 Å². The Labute approximate surface area is 108 Å². The summed E-state index contributed by atoms with van der Waals surface area (Å²) >= 11 is 0. The first kappa shape index (κ1) is 12.7. The van der Waals surface area contributed by atoms with E-state index in [0.717, 1.165) is 18.4 Å². The molecule has 0 aromatic heterocycles. The summed E-state index contributed by atoms with van der Waals surface area (Å²) in [5, 5.41) is 2.86. The van der Waals surface area contributed by atoms with Crippen molar-refractivity contribution in [2.75, 3.05) is 0 Å². The Morgan fingerprint density at radius 1 is 1.44 bits per heavy atom. The van der Waals surface area contributed by atoms with Gasteiger partial charge in [-0.25, -0.2) is 4.79 Å². The van der Waals surface area contributed by atoms with E-state index in [1.54, 1.807) is 6.08 Å². The normalized spacial score (nSPS) is 16.4. The summed E-state index contributed by atoms with van der Waals surface area (Å²) in [5.41, 5.74) is 0.992. The van der Waals surface area contributed by atoms with Gasteiger partial charge in [0.25, 0.3) is 0 Å². The maximum Gasteiger partial charge on any atom is 0.407 e. The molecule has 1 aliphatic rings. The maximum absolute atomic E-state index is 11.6. The Morgan fingerprint density at radius 2 is 2.17 bits per heavy atom. The van der Waals surface area contributed by atoms with Crippen molar-refractivity contribution >= 4 is 6.09 Å². The fourth-order valence-corrected chi connectivity index (χ4v) is 2.07. The third-order valence-corrected chi connectivity index (χ3v) is 3.41. The van der Waals surface area contributed by atoms with E-state index in [9.17, 15) is 4.79 Å². The van der Waals surface area contributed by atoms with Gasteiger partial charge in [0, 0.05) is 0 Å². The monoisotopic (exact) mass is 245 g/mol. The molecule has 0 aliphatic heterocycles. The molecule has 1 aromatic rings. The number of nitrogens with one attached hydrogen (secondary N) is 1. The first-order valence-electron chi connectivity index (χ1n) is 6.39. The molecule has 3 heteroatoms. The second-order valence-electron chi connectivity index (χ2n) is 4.66. The Morgan fingerprint density at radius 3 is 2.72 bits per heavy atom. The van der Waals surface area contributed by atoms with Crippen LogP contribution in [0.15, 0.2) is 43.0 Å². The molecule has 18 heavy (non-hydrogen) atoms. The van der Waals surface area contributed by atoms with E-state index in [2.05, 4.69) is 11.9 Å². The van der Waals surface area contributed by atoms with Crippen LogP contribution in [-0.4, -0.2) is 12.1 Å². The van der Waals surface area contributed by atoms with Gasteiger partial charge in [0.1, 0.15) is 6.61 Å². The number of hydrogen-bond acceptors (Lipinski definition) is 2. The lowest BCUT2D eigenvalue weighted by molar-refractivity contribution is 0.130. The summed E-state index contributed by atoms with van der Waals surface area (Å²) in [4.78, 5) is 11.6. The summed E-state index contributed by atoms with van der Waals surface area (Å²) < 4.78 is 5.18. The molecule has 1 aromatic carbocycles. The number of hydrogen-bond donors (Lipinski definition) is 1. The fourth-order valence-electron chi connectivity index (χ4n) is 2.07. The topological polar surface area (TPSA) is 38.3 Å². The van der Waals surface area contributed by atoms with Gasteiger partial charge >= 0.3 is 6.09 Å². The van der Waals surface area contributed by atoms with Crippen LogP contribution in [-0.2, 0) is 11.3 Å². The Balaban J connectivity index is 1.76. The molecule has 1 saturated carbocycles. The highest BCUT2D eigenvalue weighted by atomic mass is 16.5. The van der Waals surface area contributed by atoms with E-state index in [1.807, 2.05) is 30.3 Å². The Bertz CT molecular complexity index is 398. The molecule has 1 unspecified atom stereocenters. The molecule has 1 atom stereocenters. The Kier molecular flexibility index (Phi) is 4.40. The van der Waals surface area contributed by atoms with Crippen LogP contribution in [0.25, 0.3) is 0 Å². The molecule has 0 heterocycles. The largest absolute Gasteiger partial charge is 0.445 e. The average Bonchev–Trinajstić information content (AvgIpc) is 2.34. The third-order valence-electron chi connectivity index (χ3n) is 3.41. The van der Waals surface area contributed by atoms with Crippen molar-refractivity contribution in [3.8, 4) is 0 Å². The molecular formula is C15H19NO2. The first-order chi connectivity index (χ1) is 8.79. The van der Waals surface area contributed by atoms with Gasteiger partial charge in [0.05, 0.1) is 6.04 Å². The van der Waals surface area contributed by atoms with Crippen LogP contribution in [0.4, 0.5) is 4.79 Å². The zero-order chi connectivity index (χ0) is 12.8. The summed E-state index contributed by atoms with van der Waals surface area (Å²) in [5.74, 6) is 0.534. The summed E-state index contributed by atoms with van der Waals surface area (Å²) in [6.07, 6.45) is 5.00. The number of alkyl carbamates (subject to hydrolysis) is 1. The maximum atomic E-state index is 11.6. The van der Waals surface area contributed by atoms with E-state index in [-0.39, 0.29) is 12.1 Å². The highest BCUT2D eigenvalue weighted by Crippen LogP contribution is 2.29. The number of ether oxygens (including phenoxy) is 1. The van der Waals surface area contributed by atoms with Crippen molar-refractivity contribution in [2.24, 2.45) is 5.92 Å². The summed E-state index contributed by atoms with van der Waals surface area (Å²) in [6, 6.07) is 9.71. The van der Waals surface area contributed by atoms with E-state index in [0.29, 0.717) is 12.5 Å². The molecule has 1 fully saturated rings. The van der Waals surface area contributed by atoms with E-state index in [4.69, 9.17) is 4.74 Å². The van der Waals surface area contributed by atoms with E-state index >= 15 is 0 Å². The van der Waals surface area contributed by atoms with Crippen LogP contribution in [0.3, 0.4) is 0 Å². The van der Waals surface area contributed by atoms with Gasteiger partial charge in [-0.15, -0.1) is 6.58 Å². The van der Waals surface area contributed by atoms with E-state index < -0.39 is 0 Å². The van der Waals surface area contributed by atoms with Crippen molar-refractivity contribution in [3.05, 3.63) is 48.6 Å². The molecule has 0 saturated heterocycles. The second-order valence-corrected chi connectivity index (χ2v) is 4.66. The van der Waals surface area contributed by atoms with Crippen molar-refractivity contribution in [1.82, 2.24) is 5.32 Å². The molecule has 0 spiro atoms. The number of carbonyl (C=O) groups excluding carboxylic acids is 1. The van der Waals surface area contributed by atoms with Crippen LogP contribution >= 0.6 is 0 Å². The van der Waals surface area contributed by atoms with Gasteiger partial charge < -0.3 is 10.1 Å². The molecule has 0 bridgehead atoms. The van der Waals surface area contributed by atoms with Crippen molar-refractivity contribution in [2.45, 2.75) is 31.9 Å². The number of rotatable bonds is 5. The van der Waals surface area contributed by atoms with Gasteiger partial charge in [0.2, 0.25) is 0 Å². The van der Waals surface area contributed by atoms with Gasteiger partial charge in [-0.2, -0.15) is 0 Å². The minimum atomic E-state index is -0.365. The van der Waals surface area contributed by atoms with Crippen LogP contribution in [0.5, 0.6) is 0 Å². The minimum absolute atomic E-state index is 0.0435. The van der Waals surface area contributed by atoms with Gasteiger partial charge in [0.15, 0.2) is 0 Å². The predicted molar refractivity (Wildman–Crippen MR) is 71.1 cm³/mol. The molecule has 0 radical (unpaired) electrons. The highest BCUT2D eigenvalue weighted by Gasteiger charge is 2.26. The molecule has 1 N–H and O–H groups in total. The fraction of sp³-hybridized carbons (Fsp3) is 0.400. The van der Waals surface area contributed by atoms with Crippen LogP contribution in [0.1, 0.15) is 24.8 Å². The zero-order valence-corrected chi connectivity index (χ0v) is 10.5. The molecule has 96 valence electrons. The lowest BCUT2D eigenvalue weighted by atomic mass is 9.80. The Hall–Kier alpha value is -1.77. The number of benzene rings is 1. The number of amides is 1. The lowest BCUT2D eigenvalue weighted by Crippen LogP contribution is -2.41. The summed E-state index contributed by atoms with van der Waals surface area (Å²) in [7, 11) is 0. The molecular weight excluding hydrogens is 226 g/mol. The summed E-state index contributed by atoms with van der Waals surface area (Å²) in [6.45, 7) is 4.07. The second kappa shape index (κ2) is 6.24. The van der Waals surface area contributed by atoms with Gasteiger partial charge in [-0.1, -0.05) is 42.8 Å². The smallest absolute Gasteiger partial charge is 0.407 e.